The number of hydrogen-bond donors (Lipinski definition) is 1. The highest BCUT2D eigenvalue weighted by molar-refractivity contribution is 5.89. The highest BCUT2D eigenvalue weighted by atomic mass is 16.5. The van der Waals surface area contributed by atoms with Gasteiger partial charge in [0.05, 0.1) is 13.2 Å². The molecule has 17 heavy (non-hydrogen) atoms. The van der Waals surface area contributed by atoms with E-state index in [1.165, 1.54) is 0 Å². The van der Waals surface area contributed by atoms with Crippen LogP contribution >= 0.6 is 0 Å². The first kappa shape index (κ1) is 10.4. The summed E-state index contributed by atoms with van der Waals surface area (Å²) in [6, 6.07) is 4.98. The average Bonchev–Trinajstić information content (AvgIpc) is 2.39. The van der Waals surface area contributed by atoms with Gasteiger partial charge in [0.25, 0.3) is 0 Å². The normalized spacial score (nSPS) is 19.3. The molecule has 2 aliphatic rings. The number of ether oxygens (including phenoxy) is 2. The maximum absolute atomic E-state index is 9.35. The van der Waals surface area contributed by atoms with Crippen molar-refractivity contribution in [3.05, 3.63) is 18.2 Å². The van der Waals surface area contributed by atoms with E-state index in [1.54, 1.807) is 18.2 Å². The topological polar surface area (TPSA) is 54.3 Å². The van der Waals surface area contributed by atoms with E-state index in [-0.39, 0.29) is 5.75 Å². The number of hydrogen-bond acceptors (Lipinski definition) is 5. The van der Waals surface area contributed by atoms with E-state index in [9.17, 15) is 5.11 Å². The molecule has 1 aromatic rings. The molecule has 1 fully saturated rings. The minimum absolute atomic E-state index is 0.203. The van der Waals surface area contributed by atoms with Crippen LogP contribution in [-0.4, -0.2) is 48.8 Å². The third-order valence-corrected chi connectivity index (χ3v) is 2.93. The van der Waals surface area contributed by atoms with E-state index in [1.807, 2.05) is 0 Å². The molecule has 0 radical (unpaired) electrons. The first-order chi connectivity index (χ1) is 8.33. The van der Waals surface area contributed by atoms with Gasteiger partial charge in [-0.2, -0.15) is 0 Å². The smallest absolute Gasteiger partial charge is 0.149 e. The van der Waals surface area contributed by atoms with Gasteiger partial charge in [-0.3, -0.25) is 0 Å². The molecule has 0 bridgehead atoms. The minimum atomic E-state index is 0.203. The van der Waals surface area contributed by atoms with Crippen LogP contribution in [0.5, 0.6) is 11.5 Å². The van der Waals surface area contributed by atoms with E-state index in [0.29, 0.717) is 12.4 Å². The third-order valence-electron chi connectivity index (χ3n) is 2.93. The summed E-state index contributed by atoms with van der Waals surface area (Å²) in [5.74, 6) is 1.78. The number of phenolic OH excluding ortho intramolecular Hbond substituents is 1. The SMILES string of the molecule is Oc1ccc2c(c1)OCC(N1CCOCC1)=N2. The van der Waals surface area contributed by atoms with Crippen molar-refractivity contribution in [1.82, 2.24) is 4.90 Å². The predicted molar refractivity (Wildman–Crippen MR) is 63.1 cm³/mol. The molecule has 0 aromatic heterocycles. The molecule has 0 unspecified atom stereocenters. The lowest BCUT2D eigenvalue weighted by molar-refractivity contribution is 0.0658. The molecule has 0 spiro atoms. The van der Waals surface area contributed by atoms with Crippen molar-refractivity contribution in [1.29, 1.82) is 0 Å². The molecule has 1 N–H and O–H groups in total. The minimum Gasteiger partial charge on any atom is -0.508 e. The van der Waals surface area contributed by atoms with Crippen LogP contribution < -0.4 is 4.74 Å². The monoisotopic (exact) mass is 234 g/mol. The third kappa shape index (κ3) is 2.06. The van der Waals surface area contributed by atoms with Crippen LogP contribution in [0.4, 0.5) is 5.69 Å². The van der Waals surface area contributed by atoms with Crippen LogP contribution in [0.3, 0.4) is 0 Å². The lowest BCUT2D eigenvalue weighted by Gasteiger charge is -2.31. The van der Waals surface area contributed by atoms with Crippen molar-refractivity contribution < 1.29 is 14.6 Å². The van der Waals surface area contributed by atoms with Gasteiger partial charge in [0, 0.05) is 19.2 Å². The van der Waals surface area contributed by atoms with Crippen molar-refractivity contribution in [2.75, 3.05) is 32.9 Å². The number of rotatable bonds is 0. The van der Waals surface area contributed by atoms with Gasteiger partial charge in [-0.05, 0) is 12.1 Å². The Kier molecular flexibility index (Phi) is 2.60. The van der Waals surface area contributed by atoms with Crippen LogP contribution in [-0.2, 0) is 4.74 Å². The maximum Gasteiger partial charge on any atom is 0.149 e. The van der Waals surface area contributed by atoms with Crippen molar-refractivity contribution in [3.63, 3.8) is 0 Å². The number of morpholine rings is 1. The molecule has 1 aromatic carbocycles. The van der Waals surface area contributed by atoms with Crippen LogP contribution in [0.2, 0.25) is 0 Å². The lowest BCUT2D eigenvalue weighted by Crippen LogP contribution is -2.43. The molecule has 0 saturated carbocycles. The number of amidine groups is 1. The van der Waals surface area contributed by atoms with E-state index < -0.39 is 0 Å². The Morgan fingerprint density at radius 2 is 2.06 bits per heavy atom. The van der Waals surface area contributed by atoms with E-state index >= 15 is 0 Å². The second-order valence-corrected chi connectivity index (χ2v) is 4.07. The van der Waals surface area contributed by atoms with Gasteiger partial charge in [0.1, 0.15) is 29.6 Å². The van der Waals surface area contributed by atoms with Gasteiger partial charge in [0.15, 0.2) is 0 Å². The Morgan fingerprint density at radius 3 is 2.88 bits per heavy atom. The molecule has 3 rings (SSSR count). The quantitative estimate of drug-likeness (QED) is 0.731. The second-order valence-electron chi connectivity index (χ2n) is 4.07. The van der Waals surface area contributed by atoms with E-state index in [2.05, 4.69) is 9.89 Å². The number of phenols is 1. The summed E-state index contributed by atoms with van der Waals surface area (Å²) in [7, 11) is 0. The lowest BCUT2D eigenvalue weighted by atomic mass is 10.2. The molecule has 90 valence electrons. The van der Waals surface area contributed by atoms with Crippen LogP contribution in [0.1, 0.15) is 0 Å². The first-order valence-corrected chi connectivity index (χ1v) is 5.69. The zero-order valence-corrected chi connectivity index (χ0v) is 9.43. The molecule has 0 aliphatic carbocycles. The Balaban J connectivity index is 1.86. The Labute approximate surface area is 99.3 Å². The molecule has 5 nitrogen and oxygen atoms in total. The van der Waals surface area contributed by atoms with Gasteiger partial charge < -0.3 is 19.5 Å². The highest BCUT2D eigenvalue weighted by Gasteiger charge is 2.20. The zero-order valence-electron chi connectivity index (χ0n) is 9.43. The number of aliphatic imine (C=N–C) groups is 1. The summed E-state index contributed by atoms with van der Waals surface area (Å²) in [6.07, 6.45) is 0. The largest absolute Gasteiger partial charge is 0.508 e. The summed E-state index contributed by atoms with van der Waals surface area (Å²) in [5.41, 5.74) is 0.774. The molecule has 1 saturated heterocycles. The van der Waals surface area contributed by atoms with Crippen LogP contribution in [0.25, 0.3) is 0 Å². The molecule has 0 atom stereocenters. The van der Waals surface area contributed by atoms with Gasteiger partial charge in [-0.15, -0.1) is 0 Å². The molecule has 0 amide bonds. The van der Waals surface area contributed by atoms with Crippen LogP contribution in [0, 0.1) is 0 Å². The summed E-state index contributed by atoms with van der Waals surface area (Å²) >= 11 is 0. The number of nitrogens with zero attached hydrogens (tertiary/aromatic N) is 2. The van der Waals surface area contributed by atoms with Crippen LogP contribution in [0.15, 0.2) is 23.2 Å². The summed E-state index contributed by atoms with van der Waals surface area (Å²) < 4.78 is 10.9. The predicted octanol–water partition coefficient (Wildman–Crippen LogP) is 1.15. The fourth-order valence-corrected chi connectivity index (χ4v) is 2.01. The molecular formula is C12H14N2O3. The van der Waals surface area contributed by atoms with Gasteiger partial charge in [-0.25, -0.2) is 4.99 Å². The summed E-state index contributed by atoms with van der Waals surface area (Å²) in [4.78, 5) is 6.74. The first-order valence-electron chi connectivity index (χ1n) is 5.69. The van der Waals surface area contributed by atoms with Crippen molar-refractivity contribution in [2.45, 2.75) is 0 Å². The standard InChI is InChI=1S/C12H14N2O3/c15-9-1-2-10-11(7-9)17-8-12(13-10)14-3-5-16-6-4-14/h1-2,7,15H,3-6,8H2. The number of fused-ring (bicyclic) bond motifs is 1. The Hall–Kier alpha value is -1.75. The maximum atomic E-state index is 9.35. The zero-order chi connectivity index (χ0) is 11.7. The Morgan fingerprint density at radius 1 is 1.24 bits per heavy atom. The molecule has 2 heterocycles. The molecular weight excluding hydrogens is 220 g/mol. The summed E-state index contributed by atoms with van der Waals surface area (Å²) in [5, 5.41) is 9.35. The van der Waals surface area contributed by atoms with Gasteiger partial charge in [-0.1, -0.05) is 0 Å². The molecule has 5 heteroatoms. The fraction of sp³-hybridized carbons (Fsp3) is 0.417. The summed E-state index contributed by atoms with van der Waals surface area (Å²) in [6.45, 7) is 3.64. The average molecular weight is 234 g/mol. The number of benzene rings is 1. The highest BCUT2D eigenvalue weighted by Crippen LogP contribution is 2.34. The van der Waals surface area contributed by atoms with Gasteiger partial charge in [0.2, 0.25) is 0 Å². The Bertz CT molecular complexity index is 453. The van der Waals surface area contributed by atoms with E-state index in [0.717, 1.165) is 37.8 Å². The van der Waals surface area contributed by atoms with Crippen molar-refractivity contribution in [3.8, 4) is 11.5 Å². The van der Waals surface area contributed by atoms with Gasteiger partial charge >= 0.3 is 0 Å². The number of aromatic hydroxyl groups is 1. The van der Waals surface area contributed by atoms with Crippen molar-refractivity contribution in [2.24, 2.45) is 4.99 Å². The van der Waals surface area contributed by atoms with Crippen molar-refractivity contribution >= 4 is 11.5 Å². The van der Waals surface area contributed by atoms with E-state index in [4.69, 9.17) is 9.47 Å². The fourth-order valence-electron chi connectivity index (χ4n) is 2.01. The second kappa shape index (κ2) is 4.25. The molecule has 2 aliphatic heterocycles.